The third kappa shape index (κ3) is 3.82. The van der Waals surface area contributed by atoms with E-state index in [4.69, 9.17) is 11.6 Å². The third-order valence-electron chi connectivity index (χ3n) is 2.99. The van der Waals surface area contributed by atoms with E-state index in [1.54, 1.807) is 11.3 Å². The first-order chi connectivity index (χ1) is 9.11. The standard InChI is InChI=1S/C15H17BrClNS/c1-3-8-18-15(13-6-7-14(16)19-13)11-4-5-12(17)10(2)9-11/h4-7,9,15,18H,3,8H2,1-2H3. The van der Waals surface area contributed by atoms with Crippen molar-refractivity contribution in [2.24, 2.45) is 0 Å². The Labute approximate surface area is 132 Å². The molecular formula is C15H17BrClNS. The zero-order valence-electron chi connectivity index (χ0n) is 11.0. The molecule has 0 bridgehead atoms. The van der Waals surface area contributed by atoms with Crippen molar-refractivity contribution < 1.29 is 0 Å². The summed E-state index contributed by atoms with van der Waals surface area (Å²) in [5.41, 5.74) is 2.39. The summed E-state index contributed by atoms with van der Waals surface area (Å²) in [5, 5.41) is 4.43. The highest BCUT2D eigenvalue weighted by Gasteiger charge is 2.16. The highest BCUT2D eigenvalue weighted by molar-refractivity contribution is 9.11. The molecule has 102 valence electrons. The summed E-state index contributed by atoms with van der Waals surface area (Å²) in [4.78, 5) is 1.32. The lowest BCUT2D eigenvalue weighted by Crippen LogP contribution is -2.22. The minimum absolute atomic E-state index is 0.243. The van der Waals surface area contributed by atoms with Crippen LogP contribution in [0, 0.1) is 6.92 Å². The van der Waals surface area contributed by atoms with Crippen molar-refractivity contribution in [2.75, 3.05) is 6.54 Å². The molecule has 0 aliphatic heterocycles. The zero-order chi connectivity index (χ0) is 13.8. The quantitative estimate of drug-likeness (QED) is 0.737. The fourth-order valence-electron chi connectivity index (χ4n) is 2.00. The monoisotopic (exact) mass is 357 g/mol. The third-order valence-corrected chi connectivity index (χ3v) is 5.10. The van der Waals surface area contributed by atoms with Crippen LogP contribution in [-0.4, -0.2) is 6.54 Å². The normalized spacial score (nSPS) is 12.6. The summed E-state index contributed by atoms with van der Waals surface area (Å²) >= 11 is 11.4. The van der Waals surface area contributed by atoms with Crippen LogP contribution < -0.4 is 5.32 Å². The second kappa shape index (κ2) is 6.89. The van der Waals surface area contributed by atoms with Crippen LogP contribution in [0.3, 0.4) is 0 Å². The summed E-state index contributed by atoms with van der Waals surface area (Å²) in [6, 6.07) is 10.8. The first-order valence-electron chi connectivity index (χ1n) is 6.36. The minimum Gasteiger partial charge on any atom is -0.306 e. The molecule has 1 aromatic heterocycles. The van der Waals surface area contributed by atoms with Crippen LogP contribution in [0.4, 0.5) is 0 Å². The fourth-order valence-corrected chi connectivity index (χ4v) is 3.65. The summed E-state index contributed by atoms with van der Waals surface area (Å²) in [6.45, 7) is 5.23. The van der Waals surface area contributed by atoms with Crippen LogP contribution in [-0.2, 0) is 0 Å². The Morgan fingerprint density at radius 1 is 1.32 bits per heavy atom. The zero-order valence-corrected chi connectivity index (χ0v) is 14.2. The van der Waals surface area contributed by atoms with E-state index in [0.29, 0.717) is 0 Å². The van der Waals surface area contributed by atoms with Gasteiger partial charge in [0.25, 0.3) is 0 Å². The van der Waals surface area contributed by atoms with Gasteiger partial charge in [-0.15, -0.1) is 11.3 Å². The van der Waals surface area contributed by atoms with Crippen LogP contribution in [0.5, 0.6) is 0 Å². The molecule has 0 saturated heterocycles. The van der Waals surface area contributed by atoms with Gasteiger partial charge < -0.3 is 5.32 Å². The molecule has 0 aliphatic rings. The molecule has 2 aromatic rings. The summed E-state index contributed by atoms with van der Waals surface area (Å²) < 4.78 is 1.16. The summed E-state index contributed by atoms with van der Waals surface area (Å²) in [6.07, 6.45) is 1.12. The lowest BCUT2D eigenvalue weighted by molar-refractivity contribution is 0.605. The van der Waals surface area contributed by atoms with E-state index in [1.165, 1.54) is 10.4 Å². The van der Waals surface area contributed by atoms with Gasteiger partial charge in [-0.2, -0.15) is 0 Å². The van der Waals surface area contributed by atoms with Gasteiger partial charge >= 0.3 is 0 Å². The first-order valence-corrected chi connectivity index (χ1v) is 8.35. The molecule has 0 aliphatic carbocycles. The van der Waals surface area contributed by atoms with Crippen LogP contribution >= 0.6 is 38.9 Å². The minimum atomic E-state index is 0.243. The first kappa shape index (κ1) is 15.0. The second-order valence-corrected chi connectivity index (χ2v) is 7.44. The van der Waals surface area contributed by atoms with E-state index in [2.05, 4.69) is 52.4 Å². The molecule has 0 fully saturated rings. The van der Waals surface area contributed by atoms with Crippen molar-refractivity contribution in [3.8, 4) is 0 Å². The molecule has 1 N–H and O–H groups in total. The van der Waals surface area contributed by atoms with Gasteiger partial charge in [-0.05, 0) is 65.1 Å². The Morgan fingerprint density at radius 2 is 2.11 bits per heavy atom. The predicted octanol–water partition coefficient (Wildman–Crippen LogP) is 5.56. The molecule has 0 radical (unpaired) electrons. The number of aryl methyl sites for hydroxylation is 1. The molecular weight excluding hydrogens is 342 g/mol. The molecule has 2 rings (SSSR count). The molecule has 1 nitrogen and oxygen atoms in total. The van der Waals surface area contributed by atoms with E-state index in [1.807, 2.05) is 13.0 Å². The largest absolute Gasteiger partial charge is 0.306 e. The number of thiophene rings is 1. The highest BCUT2D eigenvalue weighted by Crippen LogP contribution is 2.32. The Morgan fingerprint density at radius 3 is 2.68 bits per heavy atom. The second-order valence-electron chi connectivity index (χ2n) is 4.54. The van der Waals surface area contributed by atoms with Crippen molar-refractivity contribution >= 4 is 38.9 Å². The molecule has 4 heteroatoms. The fraction of sp³-hybridized carbons (Fsp3) is 0.333. The maximum absolute atomic E-state index is 6.11. The molecule has 0 spiro atoms. The Bertz CT molecular complexity index is 553. The lowest BCUT2D eigenvalue weighted by Gasteiger charge is -2.18. The van der Waals surface area contributed by atoms with Gasteiger partial charge in [-0.1, -0.05) is 30.7 Å². The molecule has 0 amide bonds. The highest BCUT2D eigenvalue weighted by atomic mass is 79.9. The maximum Gasteiger partial charge on any atom is 0.0702 e. The van der Waals surface area contributed by atoms with Crippen LogP contribution in [0.2, 0.25) is 5.02 Å². The number of halogens is 2. The number of nitrogens with one attached hydrogen (secondary N) is 1. The van der Waals surface area contributed by atoms with Gasteiger partial charge in [-0.25, -0.2) is 0 Å². The maximum atomic E-state index is 6.11. The average molecular weight is 359 g/mol. The number of benzene rings is 1. The topological polar surface area (TPSA) is 12.0 Å². The lowest BCUT2D eigenvalue weighted by atomic mass is 10.0. The average Bonchev–Trinajstić information content (AvgIpc) is 2.80. The van der Waals surface area contributed by atoms with Crippen LogP contribution in [0.1, 0.15) is 35.4 Å². The van der Waals surface area contributed by atoms with E-state index in [9.17, 15) is 0 Å². The number of hydrogen-bond acceptors (Lipinski definition) is 2. The Kier molecular flexibility index (Phi) is 5.46. The van der Waals surface area contributed by atoms with Gasteiger partial charge in [0.2, 0.25) is 0 Å². The van der Waals surface area contributed by atoms with Crippen molar-refractivity contribution in [1.82, 2.24) is 5.32 Å². The predicted molar refractivity (Wildman–Crippen MR) is 88.3 cm³/mol. The Hall–Kier alpha value is -0.350. The summed E-state index contributed by atoms with van der Waals surface area (Å²) in [7, 11) is 0. The molecule has 1 heterocycles. The SMILES string of the molecule is CCCNC(c1ccc(Cl)c(C)c1)c1ccc(Br)s1. The smallest absolute Gasteiger partial charge is 0.0702 e. The molecule has 0 saturated carbocycles. The van der Waals surface area contributed by atoms with Gasteiger partial charge in [0.05, 0.1) is 9.83 Å². The van der Waals surface area contributed by atoms with Gasteiger partial charge in [-0.3, -0.25) is 0 Å². The van der Waals surface area contributed by atoms with E-state index in [-0.39, 0.29) is 6.04 Å². The van der Waals surface area contributed by atoms with Crippen LogP contribution in [0.15, 0.2) is 34.1 Å². The summed E-state index contributed by atoms with van der Waals surface area (Å²) in [5.74, 6) is 0. The van der Waals surface area contributed by atoms with Gasteiger partial charge in [0.15, 0.2) is 0 Å². The number of hydrogen-bond donors (Lipinski definition) is 1. The van der Waals surface area contributed by atoms with E-state index < -0.39 is 0 Å². The Balaban J connectivity index is 2.33. The van der Waals surface area contributed by atoms with E-state index in [0.717, 1.165) is 27.3 Å². The molecule has 1 unspecified atom stereocenters. The van der Waals surface area contributed by atoms with Crippen LogP contribution in [0.25, 0.3) is 0 Å². The van der Waals surface area contributed by atoms with Crippen molar-refractivity contribution in [3.63, 3.8) is 0 Å². The van der Waals surface area contributed by atoms with Crippen molar-refractivity contribution in [3.05, 3.63) is 55.1 Å². The van der Waals surface area contributed by atoms with Crippen molar-refractivity contribution in [1.29, 1.82) is 0 Å². The van der Waals surface area contributed by atoms with Crippen molar-refractivity contribution in [2.45, 2.75) is 26.3 Å². The molecule has 19 heavy (non-hydrogen) atoms. The number of rotatable bonds is 5. The molecule has 1 aromatic carbocycles. The van der Waals surface area contributed by atoms with Gasteiger partial charge in [0.1, 0.15) is 0 Å². The van der Waals surface area contributed by atoms with Gasteiger partial charge in [0, 0.05) is 9.90 Å². The molecule has 1 atom stereocenters. The van der Waals surface area contributed by atoms with E-state index >= 15 is 0 Å².